The first kappa shape index (κ1) is 11.3. The lowest BCUT2D eigenvalue weighted by molar-refractivity contribution is -0.671. The second-order valence-electron chi connectivity index (χ2n) is 3.88. The number of aldehydes is 1. The predicted octanol–water partition coefficient (Wildman–Crippen LogP) is 2.49. The minimum Gasteiger partial charge on any atom is -0.298 e. The largest absolute Gasteiger partial charge is 0.298 e. The van der Waals surface area contributed by atoms with Gasteiger partial charge in [-0.25, -0.2) is 4.57 Å². The average molecular weight is 224 g/mol. The summed E-state index contributed by atoms with van der Waals surface area (Å²) in [5.74, 6) is 0. The van der Waals surface area contributed by atoms with E-state index in [0.29, 0.717) is 5.56 Å². The summed E-state index contributed by atoms with van der Waals surface area (Å²) in [5, 5.41) is 0. The molecule has 0 spiro atoms. The Morgan fingerprint density at radius 3 is 2.24 bits per heavy atom. The maximum atomic E-state index is 10.8. The van der Waals surface area contributed by atoms with Gasteiger partial charge >= 0.3 is 0 Å². The Bertz CT molecular complexity index is 541. The van der Waals surface area contributed by atoms with E-state index in [-0.39, 0.29) is 0 Å². The van der Waals surface area contributed by atoms with E-state index in [2.05, 4.69) is 0 Å². The highest BCUT2D eigenvalue weighted by Crippen LogP contribution is 2.10. The normalized spacial score (nSPS) is 10.6. The van der Waals surface area contributed by atoms with Crippen LogP contribution in [0.5, 0.6) is 0 Å². The number of carbonyl (C=O) groups is 1. The van der Waals surface area contributed by atoms with Gasteiger partial charge in [0, 0.05) is 17.7 Å². The van der Waals surface area contributed by atoms with Gasteiger partial charge in [-0.1, -0.05) is 36.4 Å². The van der Waals surface area contributed by atoms with Crippen LogP contribution in [0.2, 0.25) is 0 Å². The molecule has 0 aliphatic carbocycles. The topological polar surface area (TPSA) is 20.9 Å². The molecule has 0 N–H and O–H groups in total. The number of aryl methyl sites for hydroxylation is 1. The Hall–Kier alpha value is -2.22. The van der Waals surface area contributed by atoms with Crippen LogP contribution in [0.3, 0.4) is 0 Å². The molecule has 0 bridgehead atoms. The van der Waals surface area contributed by atoms with Gasteiger partial charge in [0.25, 0.3) is 0 Å². The zero-order valence-corrected chi connectivity index (χ0v) is 9.71. The smallest absolute Gasteiger partial charge is 0.169 e. The van der Waals surface area contributed by atoms with Crippen molar-refractivity contribution in [2.75, 3.05) is 0 Å². The van der Waals surface area contributed by atoms with E-state index in [1.165, 1.54) is 0 Å². The molecule has 2 aromatic rings. The molecule has 2 heteroatoms. The predicted molar refractivity (Wildman–Crippen MR) is 68.4 cm³/mol. The number of carbonyl (C=O) groups excluding carboxylic acids is 1. The molecule has 0 fully saturated rings. The van der Waals surface area contributed by atoms with Crippen molar-refractivity contribution < 1.29 is 9.36 Å². The summed E-state index contributed by atoms with van der Waals surface area (Å²) in [5.41, 5.74) is 2.77. The molecule has 0 radical (unpaired) electrons. The maximum absolute atomic E-state index is 10.8. The number of hydrogen-bond acceptors (Lipinski definition) is 1. The van der Waals surface area contributed by atoms with Crippen molar-refractivity contribution in [2.24, 2.45) is 7.05 Å². The number of rotatable bonds is 3. The molecule has 84 valence electrons. The van der Waals surface area contributed by atoms with E-state index < -0.39 is 0 Å². The Labute approximate surface area is 101 Å². The van der Waals surface area contributed by atoms with Gasteiger partial charge in [-0.15, -0.1) is 0 Å². The zero-order valence-electron chi connectivity index (χ0n) is 9.71. The van der Waals surface area contributed by atoms with E-state index in [4.69, 9.17) is 0 Å². The van der Waals surface area contributed by atoms with Crippen molar-refractivity contribution in [1.82, 2.24) is 0 Å². The number of hydrogen-bond donors (Lipinski definition) is 0. The van der Waals surface area contributed by atoms with Gasteiger partial charge in [0.1, 0.15) is 7.05 Å². The molecule has 0 amide bonds. The summed E-state index contributed by atoms with van der Waals surface area (Å²) in [6.07, 6.45) is 8.82. The molecule has 0 aliphatic rings. The van der Waals surface area contributed by atoms with Gasteiger partial charge < -0.3 is 0 Å². The summed E-state index contributed by atoms with van der Waals surface area (Å²) in [6, 6.07) is 11.6. The lowest BCUT2D eigenvalue weighted by Crippen LogP contribution is -2.25. The first-order valence-electron chi connectivity index (χ1n) is 5.47. The molecule has 1 aromatic heterocycles. The van der Waals surface area contributed by atoms with Gasteiger partial charge in [0.15, 0.2) is 18.7 Å². The Morgan fingerprint density at radius 2 is 1.59 bits per heavy atom. The van der Waals surface area contributed by atoms with E-state index in [1.807, 2.05) is 72.6 Å². The molecule has 1 heterocycles. The van der Waals surface area contributed by atoms with Gasteiger partial charge in [-0.05, 0) is 11.1 Å². The van der Waals surface area contributed by atoms with Gasteiger partial charge in [0.2, 0.25) is 0 Å². The van der Waals surface area contributed by atoms with Crippen LogP contribution in [-0.4, -0.2) is 6.29 Å². The van der Waals surface area contributed by atoms with Crippen LogP contribution in [0.1, 0.15) is 21.5 Å². The minimum atomic E-state index is 0.713. The number of nitrogens with zero attached hydrogens (tertiary/aromatic N) is 1. The van der Waals surface area contributed by atoms with Crippen molar-refractivity contribution >= 4 is 18.4 Å². The lowest BCUT2D eigenvalue weighted by Gasteiger charge is -1.97. The molecule has 2 nitrogen and oxygen atoms in total. The summed E-state index contributed by atoms with van der Waals surface area (Å²) in [4.78, 5) is 10.8. The highest BCUT2D eigenvalue weighted by molar-refractivity contribution is 5.84. The monoisotopic (exact) mass is 224 g/mol. The summed E-state index contributed by atoms with van der Waals surface area (Å²) < 4.78 is 1.98. The molecule has 0 atom stereocenters. The van der Waals surface area contributed by atoms with Crippen LogP contribution in [0.25, 0.3) is 12.2 Å². The van der Waals surface area contributed by atoms with Gasteiger partial charge in [-0.2, -0.15) is 0 Å². The number of aromatic nitrogens is 1. The molecule has 2 rings (SSSR count). The fourth-order valence-corrected chi connectivity index (χ4v) is 1.58. The Balaban J connectivity index is 2.25. The zero-order chi connectivity index (χ0) is 12.1. The molecule has 0 aliphatic heterocycles. The highest BCUT2D eigenvalue weighted by Gasteiger charge is 1.96. The molecular weight excluding hydrogens is 210 g/mol. The first-order chi connectivity index (χ1) is 8.29. The highest BCUT2D eigenvalue weighted by atomic mass is 16.1. The fraction of sp³-hybridized carbons (Fsp3) is 0.0667. The Morgan fingerprint density at radius 1 is 0.941 bits per heavy atom. The van der Waals surface area contributed by atoms with Gasteiger partial charge in [-0.3, -0.25) is 4.79 Å². The average Bonchev–Trinajstić information content (AvgIpc) is 2.38. The molecule has 0 unspecified atom stereocenters. The van der Waals surface area contributed by atoms with Crippen LogP contribution >= 0.6 is 0 Å². The third-order valence-electron chi connectivity index (χ3n) is 2.58. The number of benzene rings is 1. The summed E-state index contributed by atoms with van der Waals surface area (Å²) in [7, 11) is 1.98. The molecule has 0 saturated heterocycles. The second-order valence-corrected chi connectivity index (χ2v) is 3.88. The van der Waals surface area contributed by atoms with Crippen molar-refractivity contribution in [3.8, 4) is 0 Å². The third-order valence-corrected chi connectivity index (χ3v) is 2.58. The van der Waals surface area contributed by atoms with Crippen molar-refractivity contribution in [3.63, 3.8) is 0 Å². The van der Waals surface area contributed by atoms with Gasteiger partial charge in [0.05, 0.1) is 0 Å². The quantitative estimate of drug-likeness (QED) is 0.579. The molecule has 17 heavy (non-hydrogen) atoms. The maximum Gasteiger partial charge on any atom is 0.169 e. The molecule has 0 saturated carbocycles. The van der Waals surface area contributed by atoms with Crippen molar-refractivity contribution in [1.29, 1.82) is 0 Å². The lowest BCUT2D eigenvalue weighted by atomic mass is 10.1. The molecular formula is C15H14NO+. The standard InChI is InChI=1S/C15H14NO/c1-16-10-8-13(9-11-16)6-7-14-4-2-3-5-15(14)12-17/h2-12H,1H3/q+1. The second kappa shape index (κ2) is 5.21. The third kappa shape index (κ3) is 2.88. The Kier molecular flexibility index (Phi) is 3.46. The van der Waals surface area contributed by atoms with Crippen LogP contribution in [0, 0.1) is 0 Å². The first-order valence-corrected chi connectivity index (χ1v) is 5.47. The minimum absolute atomic E-state index is 0.713. The molecule has 1 aromatic carbocycles. The van der Waals surface area contributed by atoms with E-state index in [1.54, 1.807) is 0 Å². The summed E-state index contributed by atoms with van der Waals surface area (Å²) in [6.45, 7) is 0. The van der Waals surface area contributed by atoms with Crippen LogP contribution in [0.15, 0.2) is 48.8 Å². The summed E-state index contributed by atoms with van der Waals surface area (Å²) >= 11 is 0. The SMILES string of the molecule is C[n+]1ccc(C=Cc2ccccc2C=O)cc1. The van der Waals surface area contributed by atoms with Crippen LogP contribution < -0.4 is 4.57 Å². The van der Waals surface area contributed by atoms with Crippen molar-refractivity contribution in [3.05, 3.63) is 65.5 Å². The fourth-order valence-electron chi connectivity index (χ4n) is 1.58. The number of pyridine rings is 1. The van der Waals surface area contributed by atoms with Crippen molar-refractivity contribution in [2.45, 2.75) is 0 Å². The van der Waals surface area contributed by atoms with Crippen LogP contribution in [0.4, 0.5) is 0 Å². The van der Waals surface area contributed by atoms with Crippen LogP contribution in [-0.2, 0) is 7.05 Å². The van der Waals surface area contributed by atoms with E-state index in [9.17, 15) is 4.79 Å². The van der Waals surface area contributed by atoms with E-state index in [0.717, 1.165) is 17.4 Å². The van der Waals surface area contributed by atoms with E-state index >= 15 is 0 Å².